The number of nitrogens with zero attached hydrogens (tertiary/aromatic N) is 1. The van der Waals surface area contributed by atoms with Gasteiger partial charge in [-0.05, 0) is 51.0 Å². The number of carbonyl (C=O) groups is 1. The second-order valence-corrected chi connectivity index (χ2v) is 5.12. The summed E-state index contributed by atoms with van der Waals surface area (Å²) < 4.78 is 0. The molecule has 0 unspecified atom stereocenters. The van der Waals surface area contributed by atoms with Crippen molar-refractivity contribution < 1.29 is 4.79 Å². The Hall–Kier alpha value is -1.96. The molecule has 0 fully saturated rings. The third-order valence-electron chi connectivity index (χ3n) is 3.38. The second kappa shape index (κ2) is 5.35. The molecule has 0 atom stereocenters. The zero-order valence-electron chi connectivity index (χ0n) is 11.9. The van der Waals surface area contributed by atoms with E-state index in [1.54, 1.807) is 0 Å². The molecule has 1 aromatic heterocycles. The summed E-state index contributed by atoms with van der Waals surface area (Å²) in [4.78, 5) is 16.7. The summed E-state index contributed by atoms with van der Waals surface area (Å²) in [6.45, 7) is 7.92. The van der Waals surface area contributed by atoms with Crippen molar-refractivity contribution in [1.82, 2.24) is 4.98 Å². The van der Waals surface area contributed by atoms with Gasteiger partial charge < -0.3 is 0 Å². The van der Waals surface area contributed by atoms with Gasteiger partial charge in [0.25, 0.3) is 0 Å². The van der Waals surface area contributed by atoms with Gasteiger partial charge in [-0.2, -0.15) is 0 Å². The highest BCUT2D eigenvalue weighted by atomic mass is 16.1. The van der Waals surface area contributed by atoms with Crippen LogP contribution in [0.3, 0.4) is 0 Å². The molecule has 0 spiro atoms. The Balaban J connectivity index is 2.28. The predicted octanol–water partition coefficient (Wildman–Crippen LogP) is 3.74. The topological polar surface area (TPSA) is 30.0 Å². The van der Waals surface area contributed by atoms with Gasteiger partial charge in [0.1, 0.15) is 0 Å². The maximum absolute atomic E-state index is 12.4. The third-order valence-corrected chi connectivity index (χ3v) is 3.38. The Bertz CT molecular complexity index is 629. The van der Waals surface area contributed by atoms with E-state index in [4.69, 9.17) is 0 Å². The summed E-state index contributed by atoms with van der Waals surface area (Å²) in [7, 11) is 0. The van der Waals surface area contributed by atoms with Gasteiger partial charge in [-0.3, -0.25) is 9.78 Å². The van der Waals surface area contributed by atoms with Crippen molar-refractivity contribution in [3.05, 3.63) is 64.0 Å². The Morgan fingerprint density at radius 3 is 2.47 bits per heavy atom. The van der Waals surface area contributed by atoms with Gasteiger partial charge >= 0.3 is 0 Å². The van der Waals surface area contributed by atoms with Crippen molar-refractivity contribution in [3.63, 3.8) is 0 Å². The molecule has 0 aliphatic rings. The average Bonchev–Trinajstić information content (AvgIpc) is 2.33. The molecule has 1 aromatic carbocycles. The number of hydrogen-bond donors (Lipinski definition) is 0. The van der Waals surface area contributed by atoms with E-state index in [9.17, 15) is 4.79 Å². The highest BCUT2D eigenvalue weighted by molar-refractivity contribution is 5.98. The first-order valence-corrected chi connectivity index (χ1v) is 6.51. The van der Waals surface area contributed by atoms with E-state index in [2.05, 4.69) is 23.2 Å². The number of ketones is 1. The van der Waals surface area contributed by atoms with Crippen molar-refractivity contribution in [3.8, 4) is 0 Å². The molecule has 2 heteroatoms. The summed E-state index contributed by atoms with van der Waals surface area (Å²) >= 11 is 0. The van der Waals surface area contributed by atoms with Crippen LogP contribution in [0.1, 0.15) is 38.4 Å². The first-order valence-electron chi connectivity index (χ1n) is 6.51. The van der Waals surface area contributed by atoms with Crippen LogP contribution in [0.25, 0.3) is 0 Å². The molecule has 0 saturated heterocycles. The number of carbonyl (C=O) groups excluding carboxylic acids is 1. The summed E-state index contributed by atoms with van der Waals surface area (Å²) in [5, 5.41) is 0. The Kier molecular flexibility index (Phi) is 3.79. The van der Waals surface area contributed by atoms with Crippen LogP contribution in [0.5, 0.6) is 0 Å². The van der Waals surface area contributed by atoms with Gasteiger partial charge in [-0.1, -0.05) is 23.8 Å². The standard InChI is InChI=1S/C17H19NO/c1-11-5-6-12(2)15(9-11)10-17(19)16-8-7-13(3)18-14(16)4/h5-9H,10H2,1-4H3. The second-order valence-electron chi connectivity index (χ2n) is 5.12. The van der Waals surface area contributed by atoms with Gasteiger partial charge in [0.2, 0.25) is 0 Å². The summed E-state index contributed by atoms with van der Waals surface area (Å²) in [5.41, 5.74) is 5.94. The van der Waals surface area contributed by atoms with Crippen molar-refractivity contribution in [2.45, 2.75) is 34.1 Å². The number of rotatable bonds is 3. The quantitative estimate of drug-likeness (QED) is 0.780. The van der Waals surface area contributed by atoms with Gasteiger partial charge in [0.05, 0.1) is 0 Å². The van der Waals surface area contributed by atoms with Crippen LogP contribution in [-0.4, -0.2) is 10.8 Å². The van der Waals surface area contributed by atoms with E-state index >= 15 is 0 Å². The fourth-order valence-electron chi connectivity index (χ4n) is 2.24. The molecule has 19 heavy (non-hydrogen) atoms. The van der Waals surface area contributed by atoms with Crippen molar-refractivity contribution >= 4 is 5.78 Å². The van der Waals surface area contributed by atoms with Crippen LogP contribution in [0.15, 0.2) is 30.3 Å². The Morgan fingerprint density at radius 2 is 1.79 bits per heavy atom. The molecule has 2 rings (SSSR count). The van der Waals surface area contributed by atoms with Crippen LogP contribution in [0, 0.1) is 27.7 Å². The highest BCUT2D eigenvalue weighted by Gasteiger charge is 2.12. The van der Waals surface area contributed by atoms with Crippen LogP contribution in [0.4, 0.5) is 0 Å². The fourth-order valence-corrected chi connectivity index (χ4v) is 2.24. The van der Waals surface area contributed by atoms with Crippen molar-refractivity contribution in [1.29, 1.82) is 0 Å². The summed E-state index contributed by atoms with van der Waals surface area (Å²) in [5.74, 6) is 0.138. The van der Waals surface area contributed by atoms with Gasteiger partial charge in [-0.15, -0.1) is 0 Å². The normalized spacial score (nSPS) is 10.5. The maximum atomic E-state index is 12.4. The molecule has 0 bridgehead atoms. The van der Waals surface area contributed by atoms with Gasteiger partial charge in [0, 0.05) is 23.4 Å². The number of Topliss-reactive ketones (excluding diaryl/α,β-unsaturated/α-hetero) is 1. The van der Waals surface area contributed by atoms with E-state index in [1.165, 1.54) is 5.56 Å². The van der Waals surface area contributed by atoms with E-state index in [1.807, 2.05) is 39.8 Å². The highest BCUT2D eigenvalue weighted by Crippen LogP contribution is 2.15. The zero-order chi connectivity index (χ0) is 14.0. The zero-order valence-corrected chi connectivity index (χ0v) is 11.9. The monoisotopic (exact) mass is 253 g/mol. The number of hydrogen-bond acceptors (Lipinski definition) is 2. The molecule has 0 aliphatic heterocycles. The Labute approximate surface area is 114 Å². The molecule has 2 aromatic rings. The molecule has 0 aliphatic carbocycles. The molecule has 0 radical (unpaired) electrons. The lowest BCUT2D eigenvalue weighted by Crippen LogP contribution is -2.08. The van der Waals surface area contributed by atoms with Crippen molar-refractivity contribution in [2.24, 2.45) is 0 Å². The van der Waals surface area contributed by atoms with E-state index in [-0.39, 0.29) is 5.78 Å². The summed E-state index contributed by atoms with van der Waals surface area (Å²) in [6, 6.07) is 10.00. The lowest BCUT2D eigenvalue weighted by Gasteiger charge is -2.08. The number of pyridine rings is 1. The smallest absolute Gasteiger partial charge is 0.169 e. The minimum Gasteiger partial charge on any atom is -0.294 e. The van der Waals surface area contributed by atoms with Gasteiger partial charge in [0.15, 0.2) is 5.78 Å². The molecule has 98 valence electrons. The van der Waals surface area contributed by atoms with Crippen LogP contribution < -0.4 is 0 Å². The lowest BCUT2D eigenvalue weighted by molar-refractivity contribution is 0.0992. The number of aromatic nitrogens is 1. The van der Waals surface area contributed by atoms with Crippen LogP contribution >= 0.6 is 0 Å². The largest absolute Gasteiger partial charge is 0.294 e. The summed E-state index contributed by atoms with van der Waals surface area (Å²) in [6.07, 6.45) is 0.444. The molecule has 2 nitrogen and oxygen atoms in total. The predicted molar refractivity (Wildman–Crippen MR) is 77.7 cm³/mol. The van der Waals surface area contributed by atoms with E-state index in [0.717, 1.165) is 28.1 Å². The van der Waals surface area contributed by atoms with E-state index in [0.29, 0.717) is 6.42 Å². The van der Waals surface area contributed by atoms with Crippen LogP contribution in [0.2, 0.25) is 0 Å². The van der Waals surface area contributed by atoms with Gasteiger partial charge in [-0.25, -0.2) is 0 Å². The first-order chi connectivity index (χ1) is 8.97. The molecule has 0 saturated carbocycles. The molecule has 0 N–H and O–H groups in total. The fraction of sp³-hybridized carbons (Fsp3) is 0.294. The number of benzene rings is 1. The van der Waals surface area contributed by atoms with Crippen molar-refractivity contribution in [2.75, 3.05) is 0 Å². The molecular weight excluding hydrogens is 234 g/mol. The van der Waals surface area contributed by atoms with Crippen LogP contribution in [-0.2, 0) is 6.42 Å². The first kappa shape index (κ1) is 13.5. The van der Waals surface area contributed by atoms with E-state index < -0.39 is 0 Å². The SMILES string of the molecule is Cc1ccc(C)c(CC(=O)c2ccc(C)nc2C)c1. The maximum Gasteiger partial charge on any atom is 0.169 e. The minimum absolute atomic E-state index is 0.138. The molecular formula is C17H19NO. The molecule has 0 amide bonds. The minimum atomic E-state index is 0.138. The lowest BCUT2D eigenvalue weighted by atomic mass is 9.97. The third kappa shape index (κ3) is 3.08. The number of aryl methyl sites for hydroxylation is 4. The molecule has 1 heterocycles. The Morgan fingerprint density at radius 1 is 1.05 bits per heavy atom. The average molecular weight is 253 g/mol.